The average molecular weight is 306 g/mol. The van der Waals surface area contributed by atoms with Crippen molar-refractivity contribution in [1.82, 2.24) is 10.2 Å². The summed E-state index contributed by atoms with van der Waals surface area (Å²) in [7, 11) is 0. The van der Waals surface area contributed by atoms with E-state index >= 15 is 0 Å². The summed E-state index contributed by atoms with van der Waals surface area (Å²) < 4.78 is 5.03. The lowest BCUT2D eigenvalue weighted by Gasteiger charge is -2.22. The van der Waals surface area contributed by atoms with E-state index in [-0.39, 0.29) is 24.5 Å². The standard InChI is InChI=1S/C17H26N2O3/c1-4-12-19(13-15-8-6-5-7-9-15)17(21)18-11-10-16(20)22-14(2)3/h5-9,14H,4,10-13H2,1-3H3,(H,18,21). The molecule has 0 saturated carbocycles. The normalized spacial score (nSPS) is 10.4. The Balaban J connectivity index is 2.43. The van der Waals surface area contributed by atoms with Crippen molar-refractivity contribution in [2.24, 2.45) is 0 Å². The number of rotatable bonds is 8. The molecule has 1 aromatic carbocycles. The molecule has 5 heteroatoms. The topological polar surface area (TPSA) is 58.6 Å². The quantitative estimate of drug-likeness (QED) is 0.751. The second-order valence-electron chi connectivity index (χ2n) is 5.43. The molecule has 122 valence electrons. The van der Waals surface area contributed by atoms with Gasteiger partial charge < -0.3 is 15.0 Å². The van der Waals surface area contributed by atoms with Crippen LogP contribution in [0.3, 0.4) is 0 Å². The van der Waals surface area contributed by atoms with Crippen molar-refractivity contribution in [1.29, 1.82) is 0 Å². The summed E-state index contributed by atoms with van der Waals surface area (Å²) in [4.78, 5) is 25.4. The van der Waals surface area contributed by atoms with E-state index in [0.717, 1.165) is 12.0 Å². The van der Waals surface area contributed by atoms with Crippen LogP contribution >= 0.6 is 0 Å². The molecule has 0 aromatic heterocycles. The second kappa shape index (κ2) is 9.82. The largest absolute Gasteiger partial charge is 0.463 e. The minimum absolute atomic E-state index is 0.127. The van der Waals surface area contributed by atoms with Crippen LogP contribution in [0.15, 0.2) is 30.3 Å². The monoisotopic (exact) mass is 306 g/mol. The molecule has 0 aliphatic rings. The number of benzene rings is 1. The summed E-state index contributed by atoms with van der Waals surface area (Å²) in [6.07, 6.45) is 0.947. The molecule has 0 aliphatic heterocycles. The van der Waals surface area contributed by atoms with Crippen LogP contribution in [0.5, 0.6) is 0 Å². The Morgan fingerprint density at radius 1 is 1.23 bits per heavy atom. The highest BCUT2D eigenvalue weighted by Crippen LogP contribution is 2.05. The molecule has 0 saturated heterocycles. The van der Waals surface area contributed by atoms with Crippen LogP contribution in [0, 0.1) is 0 Å². The number of ether oxygens (including phenoxy) is 1. The van der Waals surface area contributed by atoms with Gasteiger partial charge in [0.1, 0.15) is 0 Å². The van der Waals surface area contributed by atoms with Gasteiger partial charge in [0.25, 0.3) is 0 Å². The molecule has 1 rings (SSSR count). The number of nitrogens with one attached hydrogen (secondary N) is 1. The second-order valence-corrected chi connectivity index (χ2v) is 5.43. The Labute approximate surface area is 132 Å². The number of urea groups is 1. The molecule has 2 amide bonds. The van der Waals surface area contributed by atoms with Crippen LogP contribution in [0.1, 0.15) is 39.2 Å². The number of hydrogen-bond donors (Lipinski definition) is 1. The van der Waals surface area contributed by atoms with Crippen molar-refractivity contribution in [3.8, 4) is 0 Å². The van der Waals surface area contributed by atoms with Gasteiger partial charge >= 0.3 is 12.0 Å². The molecule has 0 aliphatic carbocycles. The number of nitrogens with zero attached hydrogens (tertiary/aromatic N) is 1. The number of hydrogen-bond acceptors (Lipinski definition) is 3. The van der Waals surface area contributed by atoms with Crippen molar-refractivity contribution >= 4 is 12.0 Å². The molecule has 5 nitrogen and oxygen atoms in total. The first-order chi connectivity index (χ1) is 10.5. The smallest absolute Gasteiger partial charge is 0.317 e. The third kappa shape index (κ3) is 7.11. The maximum atomic E-state index is 12.2. The zero-order valence-corrected chi connectivity index (χ0v) is 13.7. The molecule has 0 spiro atoms. The van der Waals surface area contributed by atoms with E-state index < -0.39 is 0 Å². The van der Waals surface area contributed by atoms with Crippen LogP contribution in [-0.4, -0.2) is 36.1 Å². The van der Waals surface area contributed by atoms with Gasteiger partial charge in [-0.05, 0) is 25.8 Å². The zero-order valence-electron chi connectivity index (χ0n) is 13.7. The fourth-order valence-corrected chi connectivity index (χ4v) is 2.03. The predicted molar refractivity (Wildman–Crippen MR) is 86.4 cm³/mol. The summed E-state index contributed by atoms with van der Waals surface area (Å²) in [5.41, 5.74) is 1.09. The van der Waals surface area contributed by atoms with E-state index in [1.54, 1.807) is 18.7 Å². The molecule has 0 atom stereocenters. The van der Waals surface area contributed by atoms with Gasteiger partial charge in [-0.25, -0.2) is 4.79 Å². The number of amides is 2. The van der Waals surface area contributed by atoms with E-state index in [2.05, 4.69) is 5.32 Å². The molecule has 1 N–H and O–H groups in total. The van der Waals surface area contributed by atoms with Gasteiger partial charge in [-0.3, -0.25) is 4.79 Å². The fraction of sp³-hybridized carbons (Fsp3) is 0.529. The van der Waals surface area contributed by atoms with Gasteiger partial charge in [0, 0.05) is 19.6 Å². The Morgan fingerprint density at radius 2 is 1.91 bits per heavy atom. The highest BCUT2D eigenvalue weighted by atomic mass is 16.5. The average Bonchev–Trinajstić information content (AvgIpc) is 2.47. The van der Waals surface area contributed by atoms with Gasteiger partial charge in [-0.1, -0.05) is 37.3 Å². The lowest BCUT2D eigenvalue weighted by atomic mass is 10.2. The maximum absolute atomic E-state index is 12.2. The SMILES string of the molecule is CCCN(Cc1ccccc1)C(=O)NCCC(=O)OC(C)C. The summed E-state index contributed by atoms with van der Waals surface area (Å²) in [6, 6.07) is 9.71. The number of carbonyl (C=O) groups excluding carboxylic acids is 2. The lowest BCUT2D eigenvalue weighted by Crippen LogP contribution is -2.40. The first-order valence-electron chi connectivity index (χ1n) is 7.79. The molecule has 22 heavy (non-hydrogen) atoms. The van der Waals surface area contributed by atoms with Gasteiger partial charge in [0.05, 0.1) is 12.5 Å². The van der Waals surface area contributed by atoms with Crippen LogP contribution in [0.4, 0.5) is 4.79 Å². The van der Waals surface area contributed by atoms with E-state index in [9.17, 15) is 9.59 Å². The summed E-state index contributed by atoms with van der Waals surface area (Å²) in [6.45, 7) is 7.18. The molecule has 1 aromatic rings. The van der Waals surface area contributed by atoms with Crippen molar-refractivity contribution in [3.05, 3.63) is 35.9 Å². The minimum Gasteiger partial charge on any atom is -0.463 e. The Kier molecular flexibility index (Phi) is 8.04. The Bertz CT molecular complexity index is 460. The van der Waals surface area contributed by atoms with E-state index in [4.69, 9.17) is 4.74 Å². The fourth-order valence-electron chi connectivity index (χ4n) is 2.03. The number of carbonyl (C=O) groups is 2. The zero-order chi connectivity index (χ0) is 16.4. The van der Waals surface area contributed by atoms with Crippen molar-refractivity contribution < 1.29 is 14.3 Å². The minimum atomic E-state index is -0.291. The van der Waals surface area contributed by atoms with Crippen LogP contribution in [0.25, 0.3) is 0 Å². The van der Waals surface area contributed by atoms with Crippen LogP contribution in [0.2, 0.25) is 0 Å². The maximum Gasteiger partial charge on any atom is 0.317 e. The van der Waals surface area contributed by atoms with E-state index in [1.807, 2.05) is 37.3 Å². The Morgan fingerprint density at radius 3 is 2.50 bits per heavy atom. The van der Waals surface area contributed by atoms with Crippen molar-refractivity contribution in [3.63, 3.8) is 0 Å². The summed E-state index contributed by atoms with van der Waals surface area (Å²) in [5, 5.41) is 2.78. The van der Waals surface area contributed by atoms with Crippen LogP contribution < -0.4 is 5.32 Å². The lowest BCUT2D eigenvalue weighted by molar-refractivity contribution is -0.147. The molecule has 0 bridgehead atoms. The molecular weight excluding hydrogens is 280 g/mol. The van der Waals surface area contributed by atoms with Gasteiger partial charge in [-0.15, -0.1) is 0 Å². The van der Waals surface area contributed by atoms with Gasteiger partial charge in [-0.2, -0.15) is 0 Å². The van der Waals surface area contributed by atoms with Crippen molar-refractivity contribution in [2.75, 3.05) is 13.1 Å². The highest BCUT2D eigenvalue weighted by Gasteiger charge is 2.13. The molecule has 0 fully saturated rings. The van der Waals surface area contributed by atoms with E-state index in [1.165, 1.54) is 0 Å². The Hall–Kier alpha value is -2.04. The first kappa shape index (κ1) is 18.0. The first-order valence-corrected chi connectivity index (χ1v) is 7.79. The molecule has 0 radical (unpaired) electrons. The summed E-state index contributed by atoms with van der Waals surface area (Å²) >= 11 is 0. The predicted octanol–water partition coefficient (Wildman–Crippen LogP) is 2.95. The third-order valence-electron chi connectivity index (χ3n) is 2.97. The number of esters is 1. The van der Waals surface area contributed by atoms with Crippen molar-refractivity contribution in [2.45, 2.75) is 46.3 Å². The highest BCUT2D eigenvalue weighted by molar-refractivity contribution is 5.75. The van der Waals surface area contributed by atoms with Gasteiger partial charge in [0.2, 0.25) is 0 Å². The molecular formula is C17H26N2O3. The third-order valence-corrected chi connectivity index (χ3v) is 2.97. The van der Waals surface area contributed by atoms with E-state index in [0.29, 0.717) is 19.6 Å². The van der Waals surface area contributed by atoms with Gasteiger partial charge in [0.15, 0.2) is 0 Å². The molecule has 0 unspecified atom stereocenters. The van der Waals surface area contributed by atoms with Crippen LogP contribution in [-0.2, 0) is 16.1 Å². The molecule has 0 heterocycles. The summed E-state index contributed by atoms with van der Waals surface area (Å²) in [5.74, 6) is -0.291.